The van der Waals surface area contributed by atoms with Gasteiger partial charge in [0.2, 0.25) is 0 Å². The normalized spacial score (nSPS) is 14.3. The van der Waals surface area contributed by atoms with Gasteiger partial charge in [0.05, 0.1) is 17.1 Å². The molecular weight excluding hydrogens is 445 g/mol. The van der Waals surface area contributed by atoms with Crippen molar-refractivity contribution in [2.75, 3.05) is 10.6 Å². The summed E-state index contributed by atoms with van der Waals surface area (Å²) < 4.78 is 20.3. The SMILES string of the molecule is CC[C@H](Nc1nc(Nc2cccc(C)c2)c(C#N)cc1F)C1(NC(=O)OCc2ccccc2)CC1. The second-order valence-corrected chi connectivity index (χ2v) is 8.77. The predicted molar refractivity (Wildman–Crippen MR) is 133 cm³/mol. The van der Waals surface area contributed by atoms with Gasteiger partial charge in [-0.05, 0) is 55.5 Å². The molecule has 35 heavy (non-hydrogen) atoms. The van der Waals surface area contributed by atoms with E-state index >= 15 is 0 Å². The number of alkyl carbamates (subject to hydrolysis) is 1. The molecule has 0 unspecified atom stereocenters. The molecule has 2 aromatic carbocycles. The molecule has 0 spiro atoms. The summed E-state index contributed by atoms with van der Waals surface area (Å²) in [6, 6.07) is 20.0. The topological polar surface area (TPSA) is 99.1 Å². The third-order valence-electron chi connectivity index (χ3n) is 6.12. The number of nitrogens with zero attached hydrogens (tertiary/aromatic N) is 2. The van der Waals surface area contributed by atoms with Gasteiger partial charge in [-0.3, -0.25) is 0 Å². The van der Waals surface area contributed by atoms with Crippen molar-refractivity contribution in [1.29, 1.82) is 5.26 Å². The molecule has 3 N–H and O–H groups in total. The van der Waals surface area contributed by atoms with Crippen molar-refractivity contribution in [3.05, 3.63) is 83.2 Å². The predicted octanol–water partition coefficient (Wildman–Crippen LogP) is 5.79. The van der Waals surface area contributed by atoms with Crippen molar-refractivity contribution in [3.8, 4) is 6.07 Å². The molecule has 1 aliphatic carbocycles. The summed E-state index contributed by atoms with van der Waals surface area (Å²) in [6.07, 6.45) is 1.60. The maximum atomic E-state index is 14.9. The maximum Gasteiger partial charge on any atom is 0.407 e. The number of amides is 1. The summed E-state index contributed by atoms with van der Waals surface area (Å²) in [7, 11) is 0. The first-order chi connectivity index (χ1) is 16.9. The highest BCUT2D eigenvalue weighted by Crippen LogP contribution is 2.41. The van der Waals surface area contributed by atoms with E-state index in [1.54, 1.807) is 0 Å². The molecule has 1 amide bonds. The number of hydrogen-bond acceptors (Lipinski definition) is 6. The molecule has 1 atom stereocenters. The molecule has 1 heterocycles. The van der Waals surface area contributed by atoms with Crippen LogP contribution in [0.15, 0.2) is 60.7 Å². The molecule has 0 radical (unpaired) electrons. The summed E-state index contributed by atoms with van der Waals surface area (Å²) in [5.74, 6) is -0.342. The summed E-state index contributed by atoms with van der Waals surface area (Å²) in [5, 5.41) is 18.7. The number of nitrogens with one attached hydrogen (secondary N) is 3. The quantitative estimate of drug-likeness (QED) is 0.364. The molecule has 0 bridgehead atoms. The van der Waals surface area contributed by atoms with Gasteiger partial charge in [0.15, 0.2) is 17.5 Å². The zero-order chi connectivity index (χ0) is 24.8. The molecule has 8 heteroatoms. The lowest BCUT2D eigenvalue weighted by atomic mass is 10.0. The molecule has 3 aromatic rings. The molecule has 1 aromatic heterocycles. The lowest BCUT2D eigenvalue weighted by Crippen LogP contribution is -2.49. The lowest BCUT2D eigenvalue weighted by molar-refractivity contribution is 0.132. The standard InChI is InChI=1S/C27H28FN5O2/c1-3-23(27(12-13-27)33-26(34)35-17-19-9-5-4-6-10-19)31-25-22(28)15-20(16-29)24(32-25)30-21-11-7-8-18(2)14-21/h4-11,14-15,23H,3,12-13,17H2,1-2H3,(H,33,34)(H2,30,31,32)/t23-/m0/s1. The van der Waals surface area contributed by atoms with E-state index in [1.165, 1.54) is 6.07 Å². The minimum absolute atomic E-state index is 0.0248. The average molecular weight is 474 g/mol. The largest absolute Gasteiger partial charge is 0.445 e. The number of nitriles is 1. The van der Waals surface area contributed by atoms with E-state index in [1.807, 2.05) is 74.5 Å². The van der Waals surface area contributed by atoms with Gasteiger partial charge < -0.3 is 20.7 Å². The fourth-order valence-electron chi connectivity index (χ4n) is 4.08. The van der Waals surface area contributed by atoms with Crippen molar-refractivity contribution in [1.82, 2.24) is 10.3 Å². The number of aryl methyl sites for hydroxylation is 1. The average Bonchev–Trinajstić information content (AvgIpc) is 3.63. The van der Waals surface area contributed by atoms with Crippen LogP contribution in [0.5, 0.6) is 0 Å². The Kier molecular flexibility index (Phi) is 7.16. The van der Waals surface area contributed by atoms with Crippen LogP contribution in [-0.2, 0) is 11.3 Å². The first kappa shape index (κ1) is 24.0. The zero-order valence-electron chi connectivity index (χ0n) is 19.8. The van der Waals surface area contributed by atoms with Crippen LogP contribution in [0.4, 0.5) is 26.5 Å². The van der Waals surface area contributed by atoms with Crippen LogP contribution < -0.4 is 16.0 Å². The Morgan fingerprint density at radius 3 is 2.60 bits per heavy atom. The van der Waals surface area contributed by atoms with E-state index in [4.69, 9.17) is 4.74 Å². The molecule has 1 saturated carbocycles. The van der Waals surface area contributed by atoms with E-state index in [0.717, 1.165) is 29.7 Å². The number of ether oxygens (including phenoxy) is 1. The molecule has 0 saturated heterocycles. The van der Waals surface area contributed by atoms with Gasteiger partial charge in [-0.15, -0.1) is 0 Å². The third kappa shape index (κ3) is 5.87. The molecule has 7 nitrogen and oxygen atoms in total. The second-order valence-electron chi connectivity index (χ2n) is 8.77. The minimum atomic E-state index is -0.628. The van der Waals surface area contributed by atoms with Crippen molar-refractivity contribution in [2.24, 2.45) is 0 Å². The van der Waals surface area contributed by atoms with Crippen molar-refractivity contribution in [2.45, 2.75) is 51.3 Å². The Morgan fingerprint density at radius 2 is 1.94 bits per heavy atom. The van der Waals surface area contributed by atoms with Gasteiger partial charge >= 0.3 is 6.09 Å². The van der Waals surface area contributed by atoms with E-state index in [9.17, 15) is 14.4 Å². The van der Waals surface area contributed by atoms with E-state index < -0.39 is 17.4 Å². The van der Waals surface area contributed by atoms with Crippen LogP contribution in [0, 0.1) is 24.1 Å². The zero-order valence-corrected chi connectivity index (χ0v) is 19.8. The number of carbonyl (C=O) groups is 1. The van der Waals surface area contributed by atoms with Gasteiger partial charge in [-0.1, -0.05) is 49.4 Å². The highest BCUT2D eigenvalue weighted by Gasteiger charge is 2.50. The smallest absolute Gasteiger partial charge is 0.407 e. The van der Waals surface area contributed by atoms with Gasteiger partial charge in [0.1, 0.15) is 12.7 Å². The number of anilines is 3. The molecule has 1 fully saturated rings. The van der Waals surface area contributed by atoms with Gasteiger partial charge in [-0.25, -0.2) is 14.2 Å². The fraction of sp³-hybridized carbons (Fsp3) is 0.296. The highest BCUT2D eigenvalue weighted by molar-refractivity contribution is 5.70. The van der Waals surface area contributed by atoms with E-state index in [-0.39, 0.29) is 29.8 Å². The Labute approximate surface area is 204 Å². The third-order valence-corrected chi connectivity index (χ3v) is 6.12. The van der Waals surface area contributed by atoms with Crippen LogP contribution in [0.1, 0.15) is 42.9 Å². The van der Waals surface area contributed by atoms with Gasteiger partial charge in [0, 0.05) is 5.69 Å². The maximum absolute atomic E-state index is 14.9. The molecule has 4 rings (SSSR count). The van der Waals surface area contributed by atoms with Crippen molar-refractivity contribution in [3.63, 3.8) is 0 Å². The van der Waals surface area contributed by atoms with Crippen LogP contribution >= 0.6 is 0 Å². The van der Waals surface area contributed by atoms with Crippen molar-refractivity contribution >= 4 is 23.4 Å². The summed E-state index contributed by atoms with van der Waals surface area (Å²) >= 11 is 0. The van der Waals surface area contributed by atoms with Crippen LogP contribution in [0.2, 0.25) is 0 Å². The number of hydrogen-bond donors (Lipinski definition) is 3. The minimum Gasteiger partial charge on any atom is -0.445 e. The first-order valence-electron chi connectivity index (χ1n) is 11.6. The fourth-order valence-corrected chi connectivity index (χ4v) is 4.08. The first-order valence-corrected chi connectivity index (χ1v) is 11.6. The number of benzene rings is 2. The summed E-state index contributed by atoms with van der Waals surface area (Å²) in [5.41, 5.74) is 2.25. The second kappa shape index (κ2) is 10.4. The van der Waals surface area contributed by atoms with Gasteiger partial charge in [0.25, 0.3) is 0 Å². The number of halogens is 1. The molecule has 1 aliphatic rings. The number of rotatable bonds is 9. The molecular formula is C27H28FN5O2. The number of carbonyl (C=O) groups excluding carboxylic acids is 1. The monoisotopic (exact) mass is 473 g/mol. The van der Waals surface area contributed by atoms with Gasteiger partial charge in [-0.2, -0.15) is 5.26 Å². The van der Waals surface area contributed by atoms with Crippen LogP contribution in [0.3, 0.4) is 0 Å². The summed E-state index contributed by atoms with van der Waals surface area (Å²) in [4.78, 5) is 16.9. The van der Waals surface area contributed by atoms with Crippen molar-refractivity contribution < 1.29 is 13.9 Å². The molecule has 0 aliphatic heterocycles. The van der Waals surface area contributed by atoms with E-state index in [0.29, 0.717) is 6.42 Å². The Balaban J connectivity index is 1.47. The lowest BCUT2D eigenvalue weighted by Gasteiger charge is -2.28. The summed E-state index contributed by atoms with van der Waals surface area (Å²) in [6.45, 7) is 4.09. The molecule has 180 valence electrons. The Hall–Kier alpha value is -4.12. The Morgan fingerprint density at radius 1 is 1.17 bits per heavy atom. The Bertz CT molecular complexity index is 1240. The van der Waals surface area contributed by atoms with Crippen LogP contribution in [0.25, 0.3) is 0 Å². The van der Waals surface area contributed by atoms with Crippen LogP contribution in [-0.4, -0.2) is 22.7 Å². The number of aromatic nitrogens is 1. The van der Waals surface area contributed by atoms with E-state index in [2.05, 4.69) is 20.9 Å². The number of pyridine rings is 1. The highest BCUT2D eigenvalue weighted by atomic mass is 19.1.